The van der Waals surface area contributed by atoms with Gasteiger partial charge in [-0.3, -0.25) is 4.99 Å². The summed E-state index contributed by atoms with van der Waals surface area (Å²) in [5.74, 6) is 0.227. The lowest BCUT2D eigenvalue weighted by Gasteiger charge is -2.16. The second kappa shape index (κ2) is 5.39. The predicted molar refractivity (Wildman–Crippen MR) is 77.9 cm³/mol. The fraction of sp³-hybridized carbons (Fsp3) is 0.375. The first-order valence-corrected chi connectivity index (χ1v) is 6.95. The van der Waals surface area contributed by atoms with Crippen LogP contribution in [0.3, 0.4) is 0 Å². The average molecular weight is 254 g/mol. The van der Waals surface area contributed by atoms with E-state index in [1.165, 1.54) is 32.1 Å². The van der Waals surface area contributed by atoms with E-state index in [1.807, 2.05) is 30.5 Å². The Hall–Kier alpha value is -1.90. The molecule has 0 radical (unpaired) electrons. The van der Waals surface area contributed by atoms with Crippen LogP contribution in [0.1, 0.15) is 37.8 Å². The van der Waals surface area contributed by atoms with E-state index in [-0.39, 0.29) is 5.75 Å². The fourth-order valence-corrected chi connectivity index (χ4v) is 2.63. The van der Waals surface area contributed by atoms with Crippen molar-refractivity contribution in [3.63, 3.8) is 0 Å². The lowest BCUT2D eigenvalue weighted by molar-refractivity contribution is 0.444. The van der Waals surface area contributed by atoms with Crippen LogP contribution in [0.15, 0.2) is 35.3 Å². The number of nitrogens with zero attached hydrogens (tertiary/aromatic N) is 2. The average Bonchev–Trinajstić information content (AvgIpc) is 2.47. The molecule has 1 aliphatic rings. The number of fused-ring (bicyclic) bond motifs is 1. The van der Waals surface area contributed by atoms with Gasteiger partial charge in [0.15, 0.2) is 0 Å². The molecule has 0 amide bonds. The molecule has 19 heavy (non-hydrogen) atoms. The topological polar surface area (TPSA) is 45.5 Å². The molecule has 1 aromatic heterocycles. The van der Waals surface area contributed by atoms with Gasteiger partial charge in [-0.15, -0.1) is 0 Å². The van der Waals surface area contributed by atoms with Crippen LogP contribution in [0.4, 0.5) is 0 Å². The van der Waals surface area contributed by atoms with Crippen LogP contribution in [0.5, 0.6) is 5.75 Å². The Bertz CT molecular complexity index is 601. The molecular formula is C16H18N2O. The van der Waals surface area contributed by atoms with Crippen molar-refractivity contribution in [3.05, 3.63) is 36.0 Å². The summed E-state index contributed by atoms with van der Waals surface area (Å²) in [5, 5.41) is 10.8. The van der Waals surface area contributed by atoms with Gasteiger partial charge in [-0.05, 0) is 25.0 Å². The summed E-state index contributed by atoms with van der Waals surface area (Å²) in [6.07, 6.45) is 8.14. The molecule has 1 N–H and O–H groups in total. The molecule has 0 spiro atoms. The Morgan fingerprint density at radius 2 is 1.95 bits per heavy atom. The number of hydrogen-bond donors (Lipinski definition) is 1. The smallest absolute Gasteiger partial charge is 0.141 e. The number of aromatic nitrogens is 1. The number of aromatic hydroxyl groups is 1. The summed E-state index contributed by atoms with van der Waals surface area (Å²) >= 11 is 0. The van der Waals surface area contributed by atoms with Crippen molar-refractivity contribution in [1.29, 1.82) is 0 Å². The van der Waals surface area contributed by atoms with Gasteiger partial charge in [-0.25, -0.2) is 4.98 Å². The van der Waals surface area contributed by atoms with E-state index in [0.717, 1.165) is 11.1 Å². The number of rotatable bonds is 2. The molecular weight excluding hydrogens is 236 g/mol. The number of para-hydroxylation sites is 1. The van der Waals surface area contributed by atoms with Gasteiger partial charge in [0, 0.05) is 11.6 Å². The second-order valence-corrected chi connectivity index (χ2v) is 5.15. The largest absolute Gasteiger partial charge is 0.506 e. The Labute approximate surface area is 113 Å². The molecule has 1 fully saturated rings. The van der Waals surface area contributed by atoms with Gasteiger partial charge in [0.1, 0.15) is 11.3 Å². The number of pyridine rings is 1. The van der Waals surface area contributed by atoms with Crippen molar-refractivity contribution < 1.29 is 5.11 Å². The normalized spacial score (nSPS) is 17.3. The molecule has 1 aromatic carbocycles. The molecule has 0 atom stereocenters. The number of hydrogen-bond acceptors (Lipinski definition) is 3. The van der Waals surface area contributed by atoms with Gasteiger partial charge in [0.05, 0.1) is 11.7 Å². The quantitative estimate of drug-likeness (QED) is 0.831. The lowest BCUT2D eigenvalue weighted by Crippen LogP contribution is -2.09. The van der Waals surface area contributed by atoms with Gasteiger partial charge < -0.3 is 5.11 Å². The van der Waals surface area contributed by atoms with E-state index in [0.29, 0.717) is 11.6 Å². The van der Waals surface area contributed by atoms with Crippen molar-refractivity contribution in [3.8, 4) is 5.75 Å². The molecule has 0 unspecified atom stereocenters. The van der Waals surface area contributed by atoms with Crippen molar-refractivity contribution in [2.45, 2.75) is 38.1 Å². The Morgan fingerprint density at radius 3 is 2.79 bits per heavy atom. The van der Waals surface area contributed by atoms with E-state index in [4.69, 9.17) is 0 Å². The van der Waals surface area contributed by atoms with Gasteiger partial charge >= 0.3 is 0 Å². The minimum absolute atomic E-state index is 0.227. The summed E-state index contributed by atoms with van der Waals surface area (Å²) in [7, 11) is 0. The highest BCUT2D eigenvalue weighted by Gasteiger charge is 2.10. The molecule has 3 rings (SSSR count). The molecule has 3 heteroatoms. The minimum atomic E-state index is 0.227. The first kappa shape index (κ1) is 12.2. The van der Waals surface area contributed by atoms with Gasteiger partial charge in [0.25, 0.3) is 0 Å². The highest BCUT2D eigenvalue weighted by Crippen LogP contribution is 2.23. The van der Waals surface area contributed by atoms with Crippen molar-refractivity contribution in [1.82, 2.24) is 4.98 Å². The lowest BCUT2D eigenvalue weighted by atomic mass is 9.96. The predicted octanol–water partition coefficient (Wildman–Crippen LogP) is 3.69. The Kier molecular flexibility index (Phi) is 3.45. The molecule has 2 aromatic rings. The van der Waals surface area contributed by atoms with Crippen LogP contribution in [-0.4, -0.2) is 22.3 Å². The van der Waals surface area contributed by atoms with Crippen LogP contribution in [-0.2, 0) is 0 Å². The fourth-order valence-electron chi connectivity index (χ4n) is 2.63. The SMILES string of the molecule is Oc1cccc2ccc(C=NC3CCCCC3)nc12. The number of aliphatic imine (C=N–C) groups is 1. The number of benzene rings is 1. The minimum Gasteiger partial charge on any atom is -0.506 e. The van der Waals surface area contributed by atoms with Crippen LogP contribution >= 0.6 is 0 Å². The number of phenols is 1. The molecule has 1 heterocycles. The summed E-state index contributed by atoms with van der Waals surface area (Å²) in [6.45, 7) is 0. The molecule has 0 aliphatic heterocycles. The van der Waals surface area contributed by atoms with E-state index in [2.05, 4.69) is 9.98 Å². The zero-order valence-electron chi connectivity index (χ0n) is 10.9. The Morgan fingerprint density at radius 1 is 1.11 bits per heavy atom. The van der Waals surface area contributed by atoms with E-state index < -0.39 is 0 Å². The highest BCUT2D eigenvalue weighted by molar-refractivity contribution is 5.88. The van der Waals surface area contributed by atoms with Gasteiger partial charge in [-0.1, -0.05) is 37.5 Å². The van der Waals surface area contributed by atoms with Gasteiger partial charge in [-0.2, -0.15) is 0 Å². The molecule has 0 saturated heterocycles. The zero-order chi connectivity index (χ0) is 13.1. The first-order chi connectivity index (χ1) is 9.33. The maximum absolute atomic E-state index is 9.81. The molecule has 3 nitrogen and oxygen atoms in total. The maximum Gasteiger partial charge on any atom is 0.141 e. The van der Waals surface area contributed by atoms with Crippen LogP contribution in [0.2, 0.25) is 0 Å². The second-order valence-electron chi connectivity index (χ2n) is 5.15. The van der Waals surface area contributed by atoms with Crippen molar-refractivity contribution in [2.75, 3.05) is 0 Å². The third-order valence-electron chi connectivity index (χ3n) is 3.71. The summed E-state index contributed by atoms with van der Waals surface area (Å²) in [5.41, 5.74) is 1.47. The van der Waals surface area contributed by atoms with Crippen molar-refractivity contribution >= 4 is 17.1 Å². The highest BCUT2D eigenvalue weighted by atomic mass is 16.3. The van der Waals surface area contributed by atoms with Crippen LogP contribution in [0.25, 0.3) is 10.9 Å². The zero-order valence-corrected chi connectivity index (χ0v) is 10.9. The molecule has 1 aliphatic carbocycles. The third-order valence-corrected chi connectivity index (χ3v) is 3.71. The van der Waals surface area contributed by atoms with E-state index >= 15 is 0 Å². The monoisotopic (exact) mass is 254 g/mol. The maximum atomic E-state index is 9.81. The summed E-state index contributed by atoms with van der Waals surface area (Å²) in [6, 6.07) is 9.82. The molecule has 0 bridgehead atoms. The summed E-state index contributed by atoms with van der Waals surface area (Å²) < 4.78 is 0. The Balaban J connectivity index is 1.84. The van der Waals surface area contributed by atoms with E-state index in [9.17, 15) is 5.11 Å². The van der Waals surface area contributed by atoms with Crippen LogP contribution in [0, 0.1) is 0 Å². The third kappa shape index (κ3) is 2.75. The van der Waals surface area contributed by atoms with Crippen LogP contribution < -0.4 is 0 Å². The summed E-state index contributed by atoms with van der Waals surface area (Å²) in [4.78, 5) is 9.08. The number of phenolic OH excluding ortho intramolecular Hbond substituents is 1. The first-order valence-electron chi connectivity index (χ1n) is 6.95. The van der Waals surface area contributed by atoms with E-state index in [1.54, 1.807) is 6.07 Å². The van der Waals surface area contributed by atoms with Crippen molar-refractivity contribution in [2.24, 2.45) is 4.99 Å². The molecule has 1 saturated carbocycles. The standard InChI is InChI=1S/C16H18N2O/c19-15-8-4-5-12-9-10-14(18-16(12)15)11-17-13-6-2-1-3-7-13/h4-5,8-11,13,19H,1-3,6-7H2. The molecule has 98 valence electrons. The van der Waals surface area contributed by atoms with Gasteiger partial charge in [0.2, 0.25) is 0 Å².